The van der Waals surface area contributed by atoms with Crippen molar-refractivity contribution in [1.29, 1.82) is 0 Å². The topological polar surface area (TPSA) is 113 Å². The van der Waals surface area contributed by atoms with Crippen LogP contribution in [0.5, 0.6) is 5.75 Å². The zero-order valence-corrected chi connectivity index (χ0v) is 23.8. The number of benzene rings is 3. The highest BCUT2D eigenvalue weighted by atomic mass is 32.1. The van der Waals surface area contributed by atoms with Crippen molar-refractivity contribution in [2.75, 3.05) is 20.3 Å². The number of amides is 1. The Morgan fingerprint density at radius 3 is 2.41 bits per heavy atom. The Labute approximate surface area is 241 Å². The molecule has 9 nitrogen and oxygen atoms in total. The van der Waals surface area contributed by atoms with Crippen LogP contribution >= 0.6 is 11.3 Å². The number of nitrogens with zero attached hydrogens (tertiary/aromatic N) is 1. The smallest absolute Gasteiger partial charge is 0.407 e. The second kappa shape index (κ2) is 14.3. The van der Waals surface area contributed by atoms with Gasteiger partial charge in [0.1, 0.15) is 18.4 Å². The highest BCUT2D eigenvalue weighted by Crippen LogP contribution is 2.21. The molecule has 0 bridgehead atoms. The second-order valence-electron chi connectivity index (χ2n) is 9.30. The molecule has 4 rings (SSSR count). The Morgan fingerprint density at radius 1 is 0.951 bits per heavy atom. The fraction of sp³-hybridized carbons (Fsp3) is 0.290. The minimum Gasteiger partial charge on any atom is -0.492 e. The lowest BCUT2D eigenvalue weighted by Gasteiger charge is -2.17. The van der Waals surface area contributed by atoms with Crippen molar-refractivity contribution in [1.82, 2.24) is 9.88 Å². The van der Waals surface area contributed by atoms with Gasteiger partial charge in [-0.25, -0.2) is 9.59 Å². The van der Waals surface area contributed by atoms with Gasteiger partial charge in [0.2, 0.25) is 0 Å². The van der Waals surface area contributed by atoms with Gasteiger partial charge in [0.25, 0.3) is 0 Å². The molecular weight excluding hydrogens is 544 g/mol. The Bertz CT molecular complexity index is 1540. The lowest BCUT2D eigenvalue weighted by Crippen LogP contribution is -2.43. The van der Waals surface area contributed by atoms with Gasteiger partial charge in [-0.2, -0.15) is 0 Å². The molecule has 41 heavy (non-hydrogen) atoms. The molecule has 0 saturated carbocycles. The maximum Gasteiger partial charge on any atom is 0.407 e. The summed E-state index contributed by atoms with van der Waals surface area (Å²) in [6, 6.07) is 20.6. The van der Waals surface area contributed by atoms with Crippen LogP contribution in [0.4, 0.5) is 4.79 Å². The van der Waals surface area contributed by atoms with Crippen LogP contribution < -0.4 is 14.9 Å². The summed E-state index contributed by atoms with van der Waals surface area (Å²) in [5, 5.41) is 2.56. The predicted octanol–water partition coefficient (Wildman–Crippen LogP) is 4.98. The summed E-state index contributed by atoms with van der Waals surface area (Å²) in [5.41, 5.74) is 2.67. The highest BCUT2D eigenvalue weighted by molar-refractivity contribution is 7.16. The van der Waals surface area contributed by atoms with E-state index in [9.17, 15) is 19.2 Å². The van der Waals surface area contributed by atoms with Crippen molar-refractivity contribution < 1.29 is 28.6 Å². The largest absolute Gasteiger partial charge is 0.492 e. The van der Waals surface area contributed by atoms with E-state index in [2.05, 4.69) is 5.32 Å². The first-order valence-electron chi connectivity index (χ1n) is 13.4. The van der Waals surface area contributed by atoms with Gasteiger partial charge in [0, 0.05) is 17.5 Å². The van der Waals surface area contributed by atoms with Gasteiger partial charge in [-0.3, -0.25) is 14.2 Å². The molecule has 10 heteroatoms. The Kier molecular flexibility index (Phi) is 10.3. The van der Waals surface area contributed by atoms with Crippen molar-refractivity contribution in [3.63, 3.8) is 0 Å². The molecule has 0 saturated heterocycles. The molecule has 1 N–H and O–H groups in total. The molecule has 0 fully saturated rings. The standard InChI is InChI=1S/C31H32N2O7S/c1-3-4-17-40-30(36)32-25(29(35)38-2)19-21-10-13-24(14-11-21)39-18-16-33-26-15-12-23(20-27(26)41-31(33)37)28(34)22-8-6-5-7-9-22/h5-15,20,25H,3-4,16-19H2,1-2H3,(H,32,36). The summed E-state index contributed by atoms with van der Waals surface area (Å²) < 4.78 is 18.2. The predicted molar refractivity (Wildman–Crippen MR) is 157 cm³/mol. The SMILES string of the molecule is CCCCOC(=O)NC(Cc1ccc(OCCn2c(=O)sc3cc(C(=O)c4ccccc4)ccc32)cc1)C(=O)OC. The highest BCUT2D eigenvalue weighted by Gasteiger charge is 2.23. The van der Waals surface area contributed by atoms with Gasteiger partial charge >= 0.3 is 16.9 Å². The normalized spacial score (nSPS) is 11.6. The van der Waals surface area contributed by atoms with Gasteiger partial charge in [0.05, 0.1) is 30.5 Å². The number of hydrogen-bond donors (Lipinski definition) is 1. The van der Waals surface area contributed by atoms with Crippen LogP contribution in [-0.4, -0.2) is 48.8 Å². The molecule has 1 amide bonds. The number of carbonyl (C=O) groups is 3. The number of nitrogens with one attached hydrogen (secondary N) is 1. The molecular formula is C31H32N2O7S. The van der Waals surface area contributed by atoms with Gasteiger partial charge in [-0.15, -0.1) is 0 Å². The van der Waals surface area contributed by atoms with Gasteiger partial charge < -0.3 is 19.5 Å². The zero-order valence-electron chi connectivity index (χ0n) is 23.0. The fourth-order valence-corrected chi connectivity index (χ4v) is 5.17. The fourth-order valence-electron chi connectivity index (χ4n) is 4.22. The Hall–Kier alpha value is -4.44. The molecule has 1 atom stereocenters. The Morgan fingerprint density at radius 2 is 1.71 bits per heavy atom. The van der Waals surface area contributed by atoms with E-state index < -0.39 is 18.1 Å². The Balaban J connectivity index is 1.34. The summed E-state index contributed by atoms with van der Waals surface area (Å²) in [7, 11) is 1.27. The van der Waals surface area contributed by atoms with Crippen LogP contribution in [0.3, 0.4) is 0 Å². The molecule has 214 valence electrons. The van der Waals surface area contributed by atoms with E-state index in [4.69, 9.17) is 14.2 Å². The van der Waals surface area contributed by atoms with Crippen molar-refractivity contribution in [2.24, 2.45) is 0 Å². The summed E-state index contributed by atoms with van der Waals surface area (Å²) in [6.45, 7) is 2.86. The monoisotopic (exact) mass is 576 g/mol. The first kappa shape index (κ1) is 29.5. The number of esters is 1. The zero-order chi connectivity index (χ0) is 29.2. The third kappa shape index (κ3) is 7.82. The van der Waals surface area contributed by atoms with Crippen LogP contribution in [0.1, 0.15) is 41.3 Å². The maximum atomic E-state index is 12.8. The molecule has 0 aliphatic rings. The molecule has 0 aliphatic heterocycles. The number of unbranched alkanes of at least 4 members (excludes halogenated alkanes) is 1. The van der Waals surface area contributed by atoms with E-state index in [1.165, 1.54) is 7.11 Å². The quantitative estimate of drug-likeness (QED) is 0.136. The van der Waals surface area contributed by atoms with Crippen molar-refractivity contribution >= 4 is 39.4 Å². The van der Waals surface area contributed by atoms with E-state index in [0.717, 1.165) is 40.0 Å². The molecule has 4 aromatic rings. The van der Waals surface area contributed by atoms with Crippen molar-refractivity contribution in [3.05, 3.63) is 99.2 Å². The number of carbonyl (C=O) groups excluding carboxylic acids is 3. The van der Waals surface area contributed by atoms with Crippen molar-refractivity contribution in [2.45, 2.75) is 38.8 Å². The molecule has 3 aromatic carbocycles. The minimum atomic E-state index is -0.886. The number of alkyl carbamates (subject to hydrolysis) is 1. The number of methoxy groups -OCH3 is 1. The average Bonchev–Trinajstić information content (AvgIpc) is 3.31. The molecule has 1 unspecified atom stereocenters. The number of ketones is 1. The van der Waals surface area contributed by atoms with Crippen molar-refractivity contribution in [3.8, 4) is 5.75 Å². The minimum absolute atomic E-state index is 0.0905. The van der Waals surface area contributed by atoms with E-state index in [-0.39, 0.29) is 30.3 Å². The van der Waals surface area contributed by atoms with Crippen LogP contribution in [0.2, 0.25) is 0 Å². The lowest BCUT2D eigenvalue weighted by atomic mass is 10.0. The average molecular weight is 577 g/mol. The number of hydrogen-bond acceptors (Lipinski definition) is 8. The van der Waals surface area contributed by atoms with Crippen LogP contribution in [0.25, 0.3) is 10.2 Å². The number of ether oxygens (including phenoxy) is 3. The van der Waals surface area contributed by atoms with Crippen LogP contribution in [-0.2, 0) is 27.2 Å². The maximum absolute atomic E-state index is 12.8. The van der Waals surface area contributed by atoms with Crippen LogP contribution in [0.15, 0.2) is 77.6 Å². The van der Waals surface area contributed by atoms with Crippen LogP contribution in [0, 0.1) is 0 Å². The summed E-state index contributed by atoms with van der Waals surface area (Å²) in [6.07, 6.45) is 1.19. The van der Waals surface area contributed by atoms with E-state index in [1.54, 1.807) is 59.2 Å². The second-order valence-corrected chi connectivity index (χ2v) is 10.3. The third-order valence-electron chi connectivity index (χ3n) is 6.42. The summed E-state index contributed by atoms with van der Waals surface area (Å²) in [5.74, 6) is -0.0614. The number of thiazole rings is 1. The molecule has 1 heterocycles. The molecule has 1 aromatic heterocycles. The number of aromatic nitrogens is 1. The van der Waals surface area contributed by atoms with Gasteiger partial charge in [-0.05, 0) is 42.3 Å². The van der Waals surface area contributed by atoms with E-state index in [0.29, 0.717) is 23.4 Å². The van der Waals surface area contributed by atoms with Gasteiger partial charge in [-0.1, -0.05) is 67.1 Å². The lowest BCUT2D eigenvalue weighted by molar-refractivity contribution is -0.143. The van der Waals surface area contributed by atoms with E-state index >= 15 is 0 Å². The van der Waals surface area contributed by atoms with Gasteiger partial charge in [0.15, 0.2) is 5.78 Å². The van der Waals surface area contributed by atoms with E-state index in [1.807, 2.05) is 25.1 Å². The first-order chi connectivity index (χ1) is 19.9. The summed E-state index contributed by atoms with van der Waals surface area (Å²) in [4.78, 5) is 49.5. The third-order valence-corrected chi connectivity index (χ3v) is 7.36. The molecule has 0 spiro atoms. The molecule has 0 aliphatic carbocycles. The molecule has 0 radical (unpaired) electrons. The summed E-state index contributed by atoms with van der Waals surface area (Å²) >= 11 is 1.10. The number of fused-ring (bicyclic) bond motifs is 1. The first-order valence-corrected chi connectivity index (χ1v) is 14.2. The number of rotatable bonds is 13.